The summed E-state index contributed by atoms with van der Waals surface area (Å²) in [5, 5.41) is 23.2. The summed E-state index contributed by atoms with van der Waals surface area (Å²) in [7, 11) is 0. The van der Waals surface area contributed by atoms with Gasteiger partial charge >= 0.3 is 12.1 Å². The molecule has 2 rings (SSSR count). The highest BCUT2D eigenvalue weighted by Gasteiger charge is 2.36. The van der Waals surface area contributed by atoms with Crippen LogP contribution in [0.5, 0.6) is 0 Å². The maximum absolute atomic E-state index is 12.9. The van der Waals surface area contributed by atoms with Gasteiger partial charge in [-0.1, -0.05) is 13.8 Å². The largest absolute Gasteiger partial charge is 0.452 e. The molecule has 2 atom stereocenters. The van der Waals surface area contributed by atoms with Gasteiger partial charge in [-0.3, -0.25) is 19.7 Å². The number of benzene rings is 1. The topological polar surface area (TPSA) is 126 Å². The fourth-order valence-corrected chi connectivity index (χ4v) is 3.45. The number of amides is 1. The van der Waals surface area contributed by atoms with E-state index in [1.54, 1.807) is 25.7 Å². The zero-order chi connectivity index (χ0) is 25.8. The summed E-state index contributed by atoms with van der Waals surface area (Å²) in [4.78, 5) is 37.0. The third-order valence-electron chi connectivity index (χ3n) is 6.10. The zero-order valence-corrected chi connectivity index (χ0v) is 19.3. The number of carbonyl (C=O) groups excluding carboxylic acids is 2. The van der Waals surface area contributed by atoms with Crippen molar-refractivity contribution in [3.8, 4) is 6.07 Å². The van der Waals surface area contributed by atoms with Crippen molar-refractivity contribution in [3.63, 3.8) is 0 Å². The van der Waals surface area contributed by atoms with Gasteiger partial charge in [-0.2, -0.15) is 18.4 Å². The van der Waals surface area contributed by atoms with Gasteiger partial charge in [0.25, 0.3) is 11.6 Å². The molecule has 1 aliphatic heterocycles. The molecule has 0 spiro atoms. The van der Waals surface area contributed by atoms with Gasteiger partial charge in [0.05, 0.1) is 22.5 Å². The van der Waals surface area contributed by atoms with E-state index in [1.165, 1.54) is 6.92 Å². The molecule has 1 fully saturated rings. The Balaban J connectivity index is 2.01. The molecule has 1 saturated heterocycles. The van der Waals surface area contributed by atoms with Crippen LogP contribution in [0.15, 0.2) is 18.2 Å². The predicted molar refractivity (Wildman–Crippen MR) is 116 cm³/mol. The summed E-state index contributed by atoms with van der Waals surface area (Å²) in [6, 6.07) is 4.39. The molecule has 9 nitrogen and oxygen atoms in total. The van der Waals surface area contributed by atoms with Crippen LogP contribution < -0.4 is 10.2 Å². The van der Waals surface area contributed by atoms with Crippen molar-refractivity contribution in [2.45, 2.75) is 58.4 Å². The van der Waals surface area contributed by atoms with Gasteiger partial charge < -0.3 is 15.0 Å². The number of esters is 1. The number of nitro benzene ring substituents is 1. The van der Waals surface area contributed by atoms with E-state index in [-0.39, 0.29) is 37.5 Å². The first-order chi connectivity index (χ1) is 15.7. The second-order valence-corrected chi connectivity index (χ2v) is 8.76. The number of alkyl halides is 3. The molecule has 186 valence electrons. The molecule has 2 unspecified atom stereocenters. The Morgan fingerprint density at radius 3 is 2.32 bits per heavy atom. The smallest absolute Gasteiger partial charge is 0.416 e. The fraction of sp³-hybridized carbons (Fsp3) is 0.591. The number of hydrogen-bond acceptors (Lipinski definition) is 7. The molecule has 1 aromatic rings. The molecule has 1 amide bonds. The molecule has 0 saturated carbocycles. The molecule has 12 heteroatoms. The number of carbonyl (C=O) groups is 2. The molecule has 0 aliphatic carbocycles. The number of nitrogens with zero attached hydrogens (tertiary/aromatic N) is 3. The Hall–Kier alpha value is -3.36. The first kappa shape index (κ1) is 26.9. The average molecular weight is 484 g/mol. The zero-order valence-electron chi connectivity index (χ0n) is 19.3. The minimum Gasteiger partial charge on any atom is -0.452 e. The van der Waals surface area contributed by atoms with Crippen LogP contribution in [0.1, 0.15) is 46.1 Å². The van der Waals surface area contributed by atoms with E-state index in [1.807, 2.05) is 6.07 Å². The summed E-state index contributed by atoms with van der Waals surface area (Å²) in [5.74, 6) is -1.98. The molecule has 34 heavy (non-hydrogen) atoms. The summed E-state index contributed by atoms with van der Waals surface area (Å²) in [6.07, 6.45) is -5.35. The number of rotatable bonds is 7. The molecular weight excluding hydrogens is 457 g/mol. The first-order valence-electron chi connectivity index (χ1n) is 10.7. The second kappa shape index (κ2) is 10.3. The van der Waals surface area contributed by atoms with Gasteiger partial charge in [0, 0.05) is 19.2 Å². The minimum atomic E-state index is -4.71. The van der Waals surface area contributed by atoms with Crippen molar-refractivity contribution in [3.05, 3.63) is 33.9 Å². The van der Waals surface area contributed by atoms with E-state index >= 15 is 0 Å². The van der Waals surface area contributed by atoms with Crippen LogP contribution >= 0.6 is 0 Å². The van der Waals surface area contributed by atoms with Crippen molar-refractivity contribution in [1.82, 2.24) is 5.32 Å². The van der Waals surface area contributed by atoms with E-state index in [9.17, 15) is 38.1 Å². The Morgan fingerprint density at radius 2 is 1.85 bits per heavy atom. The van der Waals surface area contributed by atoms with Crippen molar-refractivity contribution < 1.29 is 32.4 Å². The van der Waals surface area contributed by atoms with E-state index in [4.69, 9.17) is 4.74 Å². The summed E-state index contributed by atoms with van der Waals surface area (Å²) in [6.45, 7) is 6.88. The molecule has 0 aromatic heterocycles. The van der Waals surface area contributed by atoms with Gasteiger partial charge in [0.2, 0.25) is 0 Å². The fourth-order valence-electron chi connectivity index (χ4n) is 3.45. The number of nitro groups is 1. The van der Waals surface area contributed by atoms with Crippen LogP contribution in [0, 0.1) is 33.3 Å². The first-order valence-corrected chi connectivity index (χ1v) is 10.7. The SMILES string of the molecule is CC(OC(=O)C1CCN(c2ccc(C(F)(F)F)cc2[N+](=O)[O-])CC1)C(=O)NC(C)(C#N)C(C)C. The van der Waals surface area contributed by atoms with Gasteiger partial charge in [-0.25, -0.2) is 0 Å². The third-order valence-corrected chi connectivity index (χ3v) is 6.10. The number of hydrogen-bond donors (Lipinski definition) is 1. The van der Waals surface area contributed by atoms with Crippen molar-refractivity contribution in [2.75, 3.05) is 18.0 Å². The van der Waals surface area contributed by atoms with Crippen molar-refractivity contribution >= 4 is 23.3 Å². The van der Waals surface area contributed by atoms with Crippen molar-refractivity contribution in [1.29, 1.82) is 5.26 Å². The third kappa shape index (κ3) is 6.15. The molecule has 1 N–H and O–H groups in total. The van der Waals surface area contributed by atoms with E-state index < -0.39 is 51.8 Å². The number of halogens is 3. The molecule has 1 heterocycles. The highest BCUT2D eigenvalue weighted by Crippen LogP contribution is 2.37. The normalized spacial score (nSPS) is 17.4. The molecule has 0 radical (unpaired) electrons. The second-order valence-electron chi connectivity index (χ2n) is 8.76. The van der Waals surface area contributed by atoms with Gasteiger partial charge in [0.15, 0.2) is 6.10 Å². The number of anilines is 1. The number of ether oxygens (including phenoxy) is 1. The Morgan fingerprint density at radius 1 is 1.26 bits per heavy atom. The lowest BCUT2D eigenvalue weighted by Gasteiger charge is -2.33. The number of nitrogens with one attached hydrogen (secondary N) is 1. The summed E-state index contributed by atoms with van der Waals surface area (Å²) in [5.41, 5.74) is -2.85. The lowest BCUT2D eigenvalue weighted by atomic mass is 9.90. The maximum Gasteiger partial charge on any atom is 0.416 e. The van der Waals surface area contributed by atoms with E-state index in [2.05, 4.69) is 5.32 Å². The Kier molecular flexibility index (Phi) is 8.13. The number of piperidine rings is 1. The lowest BCUT2D eigenvalue weighted by Crippen LogP contribution is -2.52. The highest BCUT2D eigenvalue weighted by atomic mass is 19.4. The standard InChI is InChI=1S/C22H27F3N4O5/c1-13(2)21(4,12-26)27-19(30)14(3)34-20(31)15-7-9-28(10-8-15)17-6-5-16(22(23,24)25)11-18(17)29(32)33/h5-6,11,13-15H,7-10H2,1-4H3,(H,27,30). The van der Waals surface area contributed by atoms with Crippen LogP contribution in [0.3, 0.4) is 0 Å². The molecule has 1 aliphatic rings. The molecule has 0 bridgehead atoms. The van der Waals surface area contributed by atoms with E-state index in [0.717, 1.165) is 12.1 Å². The quantitative estimate of drug-likeness (QED) is 0.354. The average Bonchev–Trinajstić information content (AvgIpc) is 2.77. The van der Waals surface area contributed by atoms with E-state index in [0.29, 0.717) is 6.07 Å². The number of nitriles is 1. The summed E-state index contributed by atoms with van der Waals surface area (Å²) < 4.78 is 44.0. The maximum atomic E-state index is 12.9. The Labute approximate surface area is 195 Å². The van der Waals surface area contributed by atoms with Crippen LogP contribution in [0.2, 0.25) is 0 Å². The van der Waals surface area contributed by atoms with Crippen LogP contribution in [-0.2, 0) is 20.5 Å². The molecule has 1 aromatic carbocycles. The van der Waals surface area contributed by atoms with Gasteiger partial charge in [-0.05, 0) is 44.7 Å². The van der Waals surface area contributed by atoms with Gasteiger partial charge in [0.1, 0.15) is 11.2 Å². The lowest BCUT2D eigenvalue weighted by molar-refractivity contribution is -0.384. The van der Waals surface area contributed by atoms with Crippen LogP contribution in [-0.4, -0.2) is 41.5 Å². The monoisotopic (exact) mass is 484 g/mol. The highest BCUT2D eigenvalue weighted by molar-refractivity contribution is 5.85. The predicted octanol–water partition coefficient (Wildman–Crippen LogP) is 3.82. The minimum absolute atomic E-state index is 0.0436. The van der Waals surface area contributed by atoms with Crippen LogP contribution in [0.25, 0.3) is 0 Å². The van der Waals surface area contributed by atoms with Crippen LogP contribution in [0.4, 0.5) is 24.5 Å². The molecular formula is C22H27F3N4O5. The van der Waals surface area contributed by atoms with Crippen molar-refractivity contribution in [2.24, 2.45) is 11.8 Å². The Bertz CT molecular complexity index is 984. The van der Waals surface area contributed by atoms with Gasteiger partial charge in [-0.15, -0.1) is 0 Å². The summed E-state index contributed by atoms with van der Waals surface area (Å²) >= 11 is 0.